The van der Waals surface area contributed by atoms with Crippen molar-refractivity contribution in [1.82, 2.24) is 9.71 Å². The maximum absolute atomic E-state index is 13.1. The monoisotopic (exact) mass is 386 g/mol. The van der Waals surface area contributed by atoms with Gasteiger partial charge in [0.15, 0.2) is 0 Å². The van der Waals surface area contributed by atoms with Crippen molar-refractivity contribution in [2.24, 2.45) is 0 Å². The number of sulfonamides is 1. The highest BCUT2D eigenvalue weighted by Crippen LogP contribution is 2.28. The van der Waals surface area contributed by atoms with Gasteiger partial charge in [0.05, 0.1) is 12.0 Å². The zero-order valence-electron chi connectivity index (χ0n) is 16.4. The third kappa shape index (κ3) is 4.01. The molecule has 0 aliphatic rings. The molecule has 3 aromatic rings. The number of methoxy groups -OCH3 is 1. The first kappa shape index (κ1) is 19.5. The Morgan fingerprint density at radius 1 is 1.11 bits per heavy atom. The molecular weight excluding hydrogens is 360 g/mol. The summed E-state index contributed by atoms with van der Waals surface area (Å²) >= 11 is 0. The topological polar surface area (TPSA) is 71.2 Å². The largest absolute Gasteiger partial charge is 0.496 e. The van der Waals surface area contributed by atoms with Gasteiger partial charge in [-0.2, -0.15) is 0 Å². The Balaban J connectivity index is 1.89. The first-order chi connectivity index (χ1) is 12.6. The summed E-state index contributed by atoms with van der Waals surface area (Å²) in [5.41, 5.74) is 2.93. The molecule has 1 heterocycles. The number of aryl methyl sites for hydroxylation is 2. The average Bonchev–Trinajstić information content (AvgIpc) is 2.98. The summed E-state index contributed by atoms with van der Waals surface area (Å²) in [5.74, 6) is 0.685. The Morgan fingerprint density at radius 3 is 2.52 bits per heavy atom. The fraction of sp³-hybridized carbons (Fsp3) is 0.333. The van der Waals surface area contributed by atoms with Gasteiger partial charge >= 0.3 is 0 Å². The first-order valence-electron chi connectivity index (χ1n) is 8.87. The number of aromatic nitrogens is 1. The van der Waals surface area contributed by atoms with Crippen molar-refractivity contribution in [1.29, 1.82) is 0 Å². The van der Waals surface area contributed by atoms with Crippen molar-refractivity contribution < 1.29 is 13.2 Å². The molecule has 0 bridgehead atoms. The van der Waals surface area contributed by atoms with Gasteiger partial charge in [0.1, 0.15) is 5.75 Å². The summed E-state index contributed by atoms with van der Waals surface area (Å²) in [4.78, 5) is 3.53. The van der Waals surface area contributed by atoms with E-state index in [1.165, 1.54) is 0 Å². The van der Waals surface area contributed by atoms with Gasteiger partial charge in [-0.3, -0.25) is 0 Å². The molecule has 0 spiro atoms. The van der Waals surface area contributed by atoms with Gasteiger partial charge in [0.25, 0.3) is 0 Å². The van der Waals surface area contributed by atoms with Crippen LogP contribution in [0.1, 0.15) is 30.5 Å². The van der Waals surface area contributed by atoms with Crippen LogP contribution in [0.25, 0.3) is 10.9 Å². The molecule has 2 N–H and O–H groups in total. The zero-order valence-corrected chi connectivity index (χ0v) is 17.2. The molecule has 3 rings (SSSR count). The molecule has 0 aliphatic heterocycles. The van der Waals surface area contributed by atoms with E-state index in [4.69, 9.17) is 4.74 Å². The predicted octanol–water partition coefficient (Wildman–Crippen LogP) is 4.09. The van der Waals surface area contributed by atoms with Crippen molar-refractivity contribution in [3.8, 4) is 5.75 Å². The number of hydrogen-bond acceptors (Lipinski definition) is 3. The van der Waals surface area contributed by atoms with Crippen molar-refractivity contribution in [2.45, 2.75) is 44.6 Å². The van der Waals surface area contributed by atoms with E-state index in [1.807, 2.05) is 51.2 Å². The van der Waals surface area contributed by atoms with Crippen LogP contribution in [-0.2, 0) is 16.4 Å². The molecular formula is C21H26N2O3S. The zero-order chi connectivity index (χ0) is 19.8. The van der Waals surface area contributed by atoms with E-state index < -0.39 is 15.6 Å². The molecule has 0 aliphatic carbocycles. The highest BCUT2D eigenvalue weighted by molar-refractivity contribution is 7.89. The highest BCUT2D eigenvalue weighted by Gasteiger charge is 2.29. The van der Waals surface area contributed by atoms with Crippen molar-refractivity contribution in [3.63, 3.8) is 0 Å². The number of hydrogen-bond donors (Lipinski definition) is 2. The van der Waals surface area contributed by atoms with E-state index in [1.54, 1.807) is 26.2 Å². The van der Waals surface area contributed by atoms with Gasteiger partial charge in [-0.05, 0) is 69.0 Å². The van der Waals surface area contributed by atoms with E-state index in [-0.39, 0.29) is 4.90 Å². The smallest absolute Gasteiger partial charge is 0.241 e. The van der Waals surface area contributed by atoms with E-state index in [9.17, 15) is 8.42 Å². The van der Waals surface area contributed by atoms with Crippen molar-refractivity contribution in [2.75, 3.05) is 7.11 Å². The molecule has 0 saturated heterocycles. The molecule has 2 aromatic carbocycles. The third-order valence-corrected chi connectivity index (χ3v) is 6.54. The lowest BCUT2D eigenvalue weighted by Crippen LogP contribution is -2.45. The van der Waals surface area contributed by atoms with Crippen LogP contribution in [-0.4, -0.2) is 26.1 Å². The SMILES string of the molecule is COc1cc(C)c(S(=O)(=O)NC(C)(C)Cc2c[nH]c3ccccc23)cc1C. The summed E-state index contributed by atoms with van der Waals surface area (Å²) in [7, 11) is -2.09. The van der Waals surface area contributed by atoms with Crippen LogP contribution in [0.5, 0.6) is 5.75 Å². The van der Waals surface area contributed by atoms with E-state index in [0.717, 1.165) is 22.0 Å². The lowest BCUT2D eigenvalue weighted by molar-refractivity contribution is 0.410. The Morgan fingerprint density at radius 2 is 1.81 bits per heavy atom. The predicted molar refractivity (Wildman–Crippen MR) is 109 cm³/mol. The normalized spacial score (nSPS) is 12.5. The number of fused-ring (bicyclic) bond motifs is 1. The fourth-order valence-corrected chi connectivity index (χ4v) is 5.21. The van der Waals surface area contributed by atoms with Crippen LogP contribution >= 0.6 is 0 Å². The van der Waals surface area contributed by atoms with Crippen LogP contribution in [0.2, 0.25) is 0 Å². The van der Waals surface area contributed by atoms with Crippen LogP contribution in [0.4, 0.5) is 0 Å². The molecule has 144 valence electrons. The third-order valence-electron chi connectivity index (χ3n) is 4.70. The Hall–Kier alpha value is -2.31. The van der Waals surface area contributed by atoms with Gasteiger partial charge < -0.3 is 9.72 Å². The molecule has 6 heteroatoms. The van der Waals surface area contributed by atoms with Gasteiger partial charge in [-0.25, -0.2) is 13.1 Å². The lowest BCUT2D eigenvalue weighted by Gasteiger charge is -2.26. The number of ether oxygens (including phenoxy) is 1. The fourth-order valence-electron chi connectivity index (χ4n) is 3.48. The quantitative estimate of drug-likeness (QED) is 0.670. The second-order valence-corrected chi connectivity index (χ2v) is 9.26. The van der Waals surface area contributed by atoms with Crippen molar-refractivity contribution >= 4 is 20.9 Å². The summed E-state index contributed by atoms with van der Waals surface area (Å²) < 4.78 is 34.3. The van der Waals surface area contributed by atoms with E-state index >= 15 is 0 Å². The summed E-state index contributed by atoms with van der Waals surface area (Å²) in [6.07, 6.45) is 2.52. The molecule has 0 radical (unpaired) electrons. The molecule has 27 heavy (non-hydrogen) atoms. The van der Waals surface area contributed by atoms with Crippen LogP contribution in [0, 0.1) is 13.8 Å². The number of benzene rings is 2. The maximum atomic E-state index is 13.1. The molecule has 0 fully saturated rings. The minimum Gasteiger partial charge on any atom is -0.496 e. The highest BCUT2D eigenvalue weighted by atomic mass is 32.2. The summed E-state index contributed by atoms with van der Waals surface area (Å²) in [6.45, 7) is 7.42. The van der Waals surface area contributed by atoms with E-state index in [0.29, 0.717) is 17.7 Å². The Bertz CT molecular complexity index is 1080. The number of rotatable bonds is 6. The molecule has 0 saturated carbocycles. The molecule has 0 unspecified atom stereocenters. The maximum Gasteiger partial charge on any atom is 0.241 e. The van der Waals surface area contributed by atoms with Crippen LogP contribution in [0.3, 0.4) is 0 Å². The number of para-hydroxylation sites is 1. The average molecular weight is 387 g/mol. The minimum atomic E-state index is -3.67. The lowest BCUT2D eigenvalue weighted by atomic mass is 9.96. The first-order valence-corrected chi connectivity index (χ1v) is 10.4. The van der Waals surface area contributed by atoms with Crippen molar-refractivity contribution in [3.05, 3.63) is 59.3 Å². The molecule has 1 aromatic heterocycles. The number of nitrogens with one attached hydrogen (secondary N) is 2. The number of H-pyrrole nitrogens is 1. The molecule has 0 atom stereocenters. The second-order valence-electron chi connectivity index (χ2n) is 7.61. The van der Waals surface area contributed by atoms with Gasteiger partial charge in [-0.15, -0.1) is 0 Å². The van der Waals surface area contributed by atoms with E-state index in [2.05, 4.69) is 9.71 Å². The summed E-state index contributed by atoms with van der Waals surface area (Å²) in [6, 6.07) is 11.4. The molecule has 0 amide bonds. The van der Waals surface area contributed by atoms with Gasteiger partial charge in [-0.1, -0.05) is 18.2 Å². The summed E-state index contributed by atoms with van der Waals surface area (Å²) in [5, 5.41) is 1.11. The van der Waals surface area contributed by atoms with Crippen LogP contribution in [0.15, 0.2) is 47.5 Å². The molecule has 5 nitrogen and oxygen atoms in total. The number of aromatic amines is 1. The Labute approximate surface area is 160 Å². The minimum absolute atomic E-state index is 0.285. The van der Waals surface area contributed by atoms with Crippen LogP contribution < -0.4 is 9.46 Å². The standard InChI is InChI=1S/C21H26N2O3S/c1-14-11-20(15(2)10-19(14)26-5)27(24,25)23-21(3,4)12-16-13-22-18-9-7-6-8-17(16)18/h6-11,13,22-23H,12H2,1-5H3. The Kier molecular flexibility index (Phi) is 5.06. The van der Waals surface area contributed by atoms with Gasteiger partial charge in [0, 0.05) is 22.6 Å². The van der Waals surface area contributed by atoms with Gasteiger partial charge in [0.2, 0.25) is 10.0 Å². The second kappa shape index (κ2) is 7.02.